The summed E-state index contributed by atoms with van der Waals surface area (Å²) in [5, 5.41) is 9.88. The fraction of sp³-hybridized carbons (Fsp3) is 0.533. The van der Waals surface area contributed by atoms with Crippen LogP contribution in [0.25, 0.3) is 11.0 Å². The van der Waals surface area contributed by atoms with Crippen molar-refractivity contribution in [2.45, 2.75) is 45.3 Å². The van der Waals surface area contributed by atoms with Gasteiger partial charge in [0.2, 0.25) is 0 Å². The lowest BCUT2D eigenvalue weighted by molar-refractivity contribution is 0.125. The highest BCUT2D eigenvalue weighted by atomic mass is 16.3. The fourth-order valence-corrected chi connectivity index (χ4v) is 3.13. The smallest absolute Gasteiger partial charge is 0.106 e. The summed E-state index contributed by atoms with van der Waals surface area (Å²) >= 11 is 0. The first-order valence-electron chi connectivity index (χ1n) is 6.85. The van der Waals surface area contributed by atoms with Gasteiger partial charge < -0.3 is 9.67 Å². The van der Waals surface area contributed by atoms with Crippen LogP contribution < -0.4 is 0 Å². The van der Waals surface area contributed by atoms with Crippen molar-refractivity contribution >= 4 is 11.0 Å². The summed E-state index contributed by atoms with van der Waals surface area (Å²) < 4.78 is 2.28. The van der Waals surface area contributed by atoms with E-state index < -0.39 is 0 Å². The molecule has 0 spiro atoms. The first-order chi connectivity index (χ1) is 8.75. The molecule has 0 saturated heterocycles. The Balaban J connectivity index is 1.80. The van der Waals surface area contributed by atoms with Gasteiger partial charge >= 0.3 is 0 Å². The summed E-state index contributed by atoms with van der Waals surface area (Å²) in [5.74, 6) is 1.55. The van der Waals surface area contributed by atoms with Crippen LogP contribution in [0.4, 0.5) is 0 Å². The van der Waals surface area contributed by atoms with Gasteiger partial charge in [-0.2, -0.15) is 0 Å². The summed E-state index contributed by atoms with van der Waals surface area (Å²) in [6.45, 7) is 3.03. The summed E-state index contributed by atoms with van der Waals surface area (Å²) in [4.78, 5) is 4.58. The zero-order chi connectivity index (χ0) is 12.5. The van der Waals surface area contributed by atoms with Crippen LogP contribution in [0.1, 0.15) is 31.5 Å². The van der Waals surface area contributed by atoms with Crippen LogP contribution in [-0.2, 0) is 6.54 Å². The highest BCUT2D eigenvalue weighted by molar-refractivity contribution is 5.75. The molecule has 1 heterocycles. The van der Waals surface area contributed by atoms with Gasteiger partial charge in [0.15, 0.2) is 0 Å². The monoisotopic (exact) mass is 244 g/mol. The number of aryl methyl sites for hydroxylation is 2. The molecule has 0 bridgehead atoms. The maximum atomic E-state index is 9.88. The Morgan fingerprint density at radius 2 is 2.17 bits per heavy atom. The van der Waals surface area contributed by atoms with Crippen LogP contribution >= 0.6 is 0 Å². The van der Waals surface area contributed by atoms with Gasteiger partial charge in [-0.3, -0.25) is 0 Å². The maximum Gasteiger partial charge on any atom is 0.106 e. The highest BCUT2D eigenvalue weighted by Crippen LogP contribution is 2.29. The maximum absolute atomic E-state index is 9.88. The minimum absolute atomic E-state index is 0.0832. The SMILES string of the molecule is Cc1nc2ccccc2n1CCC1CCCC1O. The van der Waals surface area contributed by atoms with Crippen molar-refractivity contribution in [1.29, 1.82) is 0 Å². The molecule has 1 N–H and O–H groups in total. The van der Waals surface area contributed by atoms with Crippen LogP contribution in [0.3, 0.4) is 0 Å². The first kappa shape index (κ1) is 11.7. The van der Waals surface area contributed by atoms with Crippen molar-refractivity contribution in [3.05, 3.63) is 30.1 Å². The average molecular weight is 244 g/mol. The molecule has 3 heteroatoms. The van der Waals surface area contributed by atoms with E-state index in [9.17, 15) is 5.11 Å². The Morgan fingerprint density at radius 3 is 2.94 bits per heavy atom. The minimum Gasteiger partial charge on any atom is -0.393 e. The largest absolute Gasteiger partial charge is 0.393 e. The Morgan fingerprint density at radius 1 is 1.33 bits per heavy atom. The molecular weight excluding hydrogens is 224 g/mol. The number of fused-ring (bicyclic) bond motifs is 1. The van der Waals surface area contributed by atoms with Gasteiger partial charge in [-0.25, -0.2) is 4.98 Å². The molecule has 1 aliphatic carbocycles. The quantitative estimate of drug-likeness (QED) is 0.901. The van der Waals surface area contributed by atoms with Crippen LogP contribution in [0.5, 0.6) is 0 Å². The second kappa shape index (κ2) is 4.73. The molecule has 3 rings (SSSR count). The van der Waals surface area contributed by atoms with Crippen LogP contribution in [0.2, 0.25) is 0 Å². The van der Waals surface area contributed by atoms with Crippen molar-refractivity contribution in [3.63, 3.8) is 0 Å². The lowest BCUT2D eigenvalue weighted by Gasteiger charge is -2.15. The molecule has 2 aromatic rings. The Kier molecular flexibility index (Phi) is 3.08. The normalized spacial score (nSPS) is 23.9. The number of imidazole rings is 1. The van der Waals surface area contributed by atoms with Gasteiger partial charge in [-0.15, -0.1) is 0 Å². The summed E-state index contributed by atoms with van der Waals surface area (Å²) in [6, 6.07) is 8.27. The molecular formula is C15H20N2O. The number of nitrogens with zero attached hydrogens (tertiary/aromatic N) is 2. The van der Waals surface area contributed by atoms with Gasteiger partial charge in [0, 0.05) is 6.54 Å². The standard InChI is InChI=1S/C15H20N2O/c1-11-16-13-6-2-3-7-14(13)17(11)10-9-12-5-4-8-15(12)18/h2-3,6-7,12,15,18H,4-5,8-10H2,1H3. The van der Waals surface area contributed by atoms with Crippen molar-refractivity contribution in [2.24, 2.45) is 5.92 Å². The molecule has 2 unspecified atom stereocenters. The van der Waals surface area contributed by atoms with Gasteiger partial charge in [0.05, 0.1) is 17.1 Å². The van der Waals surface area contributed by atoms with E-state index in [2.05, 4.69) is 34.7 Å². The van der Waals surface area contributed by atoms with E-state index in [0.29, 0.717) is 5.92 Å². The number of hydrogen-bond acceptors (Lipinski definition) is 2. The summed E-state index contributed by atoms with van der Waals surface area (Å²) in [7, 11) is 0. The molecule has 96 valence electrons. The van der Waals surface area contributed by atoms with Gasteiger partial charge in [-0.05, 0) is 44.2 Å². The molecule has 1 aromatic heterocycles. The van der Waals surface area contributed by atoms with E-state index in [1.807, 2.05) is 6.07 Å². The van der Waals surface area contributed by atoms with E-state index in [1.165, 1.54) is 18.4 Å². The fourth-order valence-electron chi connectivity index (χ4n) is 3.13. The zero-order valence-corrected chi connectivity index (χ0v) is 10.8. The second-order valence-corrected chi connectivity index (χ2v) is 5.35. The van der Waals surface area contributed by atoms with Crippen molar-refractivity contribution in [1.82, 2.24) is 9.55 Å². The molecule has 0 aliphatic heterocycles. The third-order valence-corrected chi connectivity index (χ3v) is 4.19. The molecule has 18 heavy (non-hydrogen) atoms. The number of para-hydroxylation sites is 2. The number of rotatable bonds is 3. The number of benzene rings is 1. The highest BCUT2D eigenvalue weighted by Gasteiger charge is 2.25. The third kappa shape index (κ3) is 2.03. The average Bonchev–Trinajstić information content (AvgIpc) is 2.90. The number of aromatic nitrogens is 2. The topological polar surface area (TPSA) is 38.0 Å². The lowest BCUT2D eigenvalue weighted by atomic mass is 10.0. The second-order valence-electron chi connectivity index (χ2n) is 5.35. The Hall–Kier alpha value is -1.35. The molecule has 1 aliphatic rings. The van der Waals surface area contributed by atoms with E-state index in [0.717, 1.165) is 30.7 Å². The van der Waals surface area contributed by atoms with Crippen LogP contribution in [0, 0.1) is 12.8 Å². The summed E-state index contributed by atoms with van der Waals surface area (Å²) in [5.41, 5.74) is 2.28. The molecule has 0 radical (unpaired) electrons. The Labute approximate surface area is 107 Å². The molecule has 1 fully saturated rings. The third-order valence-electron chi connectivity index (χ3n) is 4.19. The van der Waals surface area contributed by atoms with Gasteiger partial charge in [0.1, 0.15) is 5.82 Å². The van der Waals surface area contributed by atoms with Crippen molar-refractivity contribution < 1.29 is 5.11 Å². The van der Waals surface area contributed by atoms with Crippen molar-refractivity contribution in [2.75, 3.05) is 0 Å². The summed E-state index contributed by atoms with van der Waals surface area (Å²) in [6.07, 6.45) is 4.30. The zero-order valence-electron chi connectivity index (χ0n) is 10.8. The molecule has 2 atom stereocenters. The molecule has 3 nitrogen and oxygen atoms in total. The lowest BCUT2D eigenvalue weighted by Crippen LogP contribution is -2.15. The Bertz CT molecular complexity index is 546. The van der Waals surface area contributed by atoms with E-state index in [4.69, 9.17) is 0 Å². The van der Waals surface area contributed by atoms with E-state index in [1.54, 1.807) is 0 Å². The number of aliphatic hydroxyl groups excluding tert-OH is 1. The van der Waals surface area contributed by atoms with Gasteiger partial charge in [-0.1, -0.05) is 18.6 Å². The molecule has 1 aromatic carbocycles. The van der Waals surface area contributed by atoms with E-state index >= 15 is 0 Å². The van der Waals surface area contributed by atoms with Gasteiger partial charge in [0.25, 0.3) is 0 Å². The number of hydrogen-bond donors (Lipinski definition) is 1. The van der Waals surface area contributed by atoms with Crippen LogP contribution in [0.15, 0.2) is 24.3 Å². The molecule has 1 saturated carbocycles. The minimum atomic E-state index is -0.0832. The predicted molar refractivity (Wildman–Crippen MR) is 72.4 cm³/mol. The van der Waals surface area contributed by atoms with Crippen LogP contribution in [-0.4, -0.2) is 20.8 Å². The number of aliphatic hydroxyl groups is 1. The van der Waals surface area contributed by atoms with Crippen molar-refractivity contribution in [3.8, 4) is 0 Å². The predicted octanol–water partition coefficient (Wildman–Crippen LogP) is 2.90. The first-order valence-corrected chi connectivity index (χ1v) is 6.85. The molecule has 0 amide bonds. The van der Waals surface area contributed by atoms with E-state index in [-0.39, 0.29) is 6.10 Å².